The van der Waals surface area contributed by atoms with Crippen LogP contribution in [0.15, 0.2) is 24.3 Å². The van der Waals surface area contributed by atoms with E-state index in [-0.39, 0.29) is 5.69 Å². The molecule has 0 radical (unpaired) electrons. The maximum absolute atomic E-state index is 10.5. The van der Waals surface area contributed by atoms with Gasteiger partial charge < -0.3 is 0 Å². The van der Waals surface area contributed by atoms with Crippen molar-refractivity contribution >= 4 is 5.69 Å². The summed E-state index contributed by atoms with van der Waals surface area (Å²) in [5.74, 6) is 5.92. The molecule has 1 aromatic rings. The molecule has 0 amide bonds. The van der Waals surface area contributed by atoms with E-state index in [1.54, 1.807) is 12.1 Å². The van der Waals surface area contributed by atoms with Crippen LogP contribution in [0.2, 0.25) is 0 Å². The standard InChI is InChI=1S/C12H13NO2/c1-2-3-4-5-7-11-8-6-9-12(10-11)13(14)15/h6,8-10H,2-4H2,1H3. The van der Waals surface area contributed by atoms with E-state index < -0.39 is 4.92 Å². The molecule has 0 aliphatic heterocycles. The fourth-order valence-corrected chi connectivity index (χ4v) is 1.13. The molecule has 0 saturated carbocycles. The highest BCUT2D eigenvalue weighted by Gasteiger charge is 2.03. The van der Waals surface area contributed by atoms with E-state index in [2.05, 4.69) is 18.8 Å². The van der Waals surface area contributed by atoms with Gasteiger partial charge in [-0.15, -0.1) is 0 Å². The van der Waals surface area contributed by atoms with Gasteiger partial charge in [0.05, 0.1) is 4.92 Å². The zero-order valence-corrected chi connectivity index (χ0v) is 8.69. The van der Waals surface area contributed by atoms with Crippen molar-refractivity contribution in [3.63, 3.8) is 0 Å². The monoisotopic (exact) mass is 203 g/mol. The second kappa shape index (κ2) is 5.82. The van der Waals surface area contributed by atoms with E-state index in [0.717, 1.165) is 19.3 Å². The fourth-order valence-electron chi connectivity index (χ4n) is 1.13. The van der Waals surface area contributed by atoms with Gasteiger partial charge in [-0.25, -0.2) is 0 Å². The second-order valence-corrected chi connectivity index (χ2v) is 3.21. The second-order valence-electron chi connectivity index (χ2n) is 3.21. The smallest absolute Gasteiger partial charge is 0.258 e. The van der Waals surface area contributed by atoms with Gasteiger partial charge in [-0.2, -0.15) is 0 Å². The van der Waals surface area contributed by atoms with Crippen LogP contribution >= 0.6 is 0 Å². The number of benzene rings is 1. The van der Waals surface area contributed by atoms with Crippen molar-refractivity contribution < 1.29 is 4.92 Å². The van der Waals surface area contributed by atoms with E-state index in [9.17, 15) is 10.1 Å². The molecule has 0 saturated heterocycles. The summed E-state index contributed by atoms with van der Waals surface area (Å²) >= 11 is 0. The van der Waals surface area contributed by atoms with Crippen molar-refractivity contribution in [3.05, 3.63) is 39.9 Å². The predicted octanol–water partition coefficient (Wildman–Crippen LogP) is 3.14. The summed E-state index contributed by atoms with van der Waals surface area (Å²) in [6.45, 7) is 2.11. The summed E-state index contributed by atoms with van der Waals surface area (Å²) in [5, 5.41) is 10.5. The summed E-state index contributed by atoms with van der Waals surface area (Å²) in [5.41, 5.74) is 0.803. The number of rotatable bonds is 3. The Bertz CT molecular complexity index is 402. The van der Waals surface area contributed by atoms with Gasteiger partial charge in [-0.05, 0) is 12.5 Å². The molecule has 3 nitrogen and oxygen atoms in total. The van der Waals surface area contributed by atoms with E-state index in [1.807, 2.05) is 0 Å². The third-order valence-corrected chi connectivity index (χ3v) is 1.95. The van der Waals surface area contributed by atoms with E-state index >= 15 is 0 Å². The highest BCUT2D eigenvalue weighted by molar-refractivity contribution is 5.42. The van der Waals surface area contributed by atoms with Crippen molar-refractivity contribution in [1.29, 1.82) is 0 Å². The number of hydrogen-bond acceptors (Lipinski definition) is 2. The minimum atomic E-state index is -0.406. The topological polar surface area (TPSA) is 43.1 Å². The van der Waals surface area contributed by atoms with E-state index in [1.165, 1.54) is 12.1 Å². The number of unbranched alkanes of at least 4 members (excludes halogenated alkanes) is 2. The lowest BCUT2D eigenvalue weighted by atomic mass is 10.2. The van der Waals surface area contributed by atoms with Gasteiger partial charge in [-0.3, -0.25) is 10.1 Å². The summed E-state index contributed by atoms with van der Waals surface area (Å²) in [6, 6.07) is 6.41. The molecule has 1 rings (SSSR count). The number of nitrogens with zero attached hydrogens (tertiary/aromatic N) is 1. The first-order chi connectivity index (χ1) is 7.24. The van der Waals surface area contributed by atoms with Crippen LogP contribution in [-0.4, -0.2) is 4.92 Å². The molecule has 0 aromatic heterocycles. The van der Waals surface area contributed by atoms with Crippen molar-refractivity contribution in [2.75, 3.05) is 0 Å². The lowest BCUT2D eigenvalue weighted by Gasteiger charge is -1.91. The maximum Gasteiger partial charge on any atom is 0.270 e. The molecule has 0 spiro atoms. The average Bonchev–Trinajstić information content (AvgIpc) is 2.25. The average molecular weight is 203 g/mol. The van der Waals surface area contributed by atoms with Crippen molar-refractivity contribution in [2.24, 2.45) is 0 Å². The van der Waals surface area contributed by atoms with Gasteiger partial charge in [0.2, 0.25) is 0 Å². The third kappa shape index (κ3) is 3.82. The SMILES string of the molecule is CCCCC#Cc1cccc([N+](=O)[O-])c1. The minimum absolute atomic E-state index is 0.0947. The normalized spacial score (nSPS) is 9.13. The predicted molar refractivity (Wildman–Crippen MR) is 59.5 cm³/mol. The molecule has 0 aliphatic carbocycles. The maximum atomic E-state index is 10.5. The van der Waals surface area contributed by atoms with Gasteiger partial charge >= 0.3 is 0 Å². The van der Waals surface area contributed by atoms with E-state index in [0.29, 0.717) is 5.56 Å². The van der Waals surface area contributed by atoms with Gasteiger partial charge in [0.15, 0.2) is 0 Å². The number of non-ortho nitro benzene ring substituents is 1. The highest BCUT2D eigenvalue weighted by atomic mass is 16.6. The van der Waals surface area contributed by atoms with Gasteiger partial charge in [-0.1, -0.05) is 31.3 Å². The molecule has 3 heteroatoms. The Morgan fingerprint density at radius 2 is 2.27 bits per heavy atom. The quantitative estimate of drug-likeness (QED) is 0.328. The van der Waals surface area contributed by atoms with Crippen molar-refractivity contribution in [3.8, 4) is 11.8 Å². The Kier molecular flexibility index (Phi) is 4.36. The Morgan fingerprint density at radius 1 is 1.47 bits per heavy atom. The van der Waals surface area contributed by atoms with Crippen LogP contribution in [0.4, 0.5) is 5.69 Å². The first-order valence-electron chi connectivity index (χ1n) is 4.97. The third-order valence-electron chi connectivity index (χ3n) is 1.95. The summed E-state index contributed by atoms with van der Waals surface area (Å²) in [4.78, 5) is 10.1. The van der Waals surface area contributed by atoms with Crippen LogP contribution in [0.1, 0.15) is 31.7 Å². The number of hydrogen-bond donors (Lipinski definition) is 0. The van der Waals surface area contributed by atoms with E-state index in [4.69, 9.17) is 0 Å². The molecular weight excluding hydrogens is 190 g/mol. The minimum Gasteiger partial charge on any atom is -0.258 e. The first-order valence-corrected chi connectivity index (χ1v) is 4.97. The molecule has 78 valence electrons. The Balaban J connectivity index is 2.72. The molecule has 0 heterocycles. The van der Waals surface area contributed by atoms with Crippen LogP contribution in [0.25, 0.3) is 0 Å². The van der Waals surface area contributed by atoms with Crippen molar-refractivity contribution in [2.45, 2.75) is 26.2 Å². The first kappa shape index (κ1) is 11.3. The van der Waals surface area contributed by atoms with Crippen LogP contribution in [0.5, 0.6) is 0 Å². The molecule has 0 aliphatic rings. The summed E-state index contributed by atoms with van der Waals surface area (Å²) in [6.07, 6.45) is 3.03. The van der Waals surface area contributed by atoms with Crippen LogP contribution in [0, 0.1) is 22.0 Å². The Morgan fingerprint density at radius 3 is 2.93 bits per heavy atom. The highest BCUT2D eigenvalue weighted by Crippen LogP contribution is 2.11. The van der Waals surface area contributed by atoms with Crippen LogP contribution in [-0.2, 0) is 0 Å². The number of nitro benzene ring substituents is 1. The van der Waals surface area contributed by atoms with Gasteiger partial charge in [0, 0.05) is 24.1 Å². The Labute approximate surface area is 89.3 Å². The van der Waals surface area contributed by atoms with Crippen LogP contribution < -0.4 is 0 Å². The fraction of sp³-hybridized carbons (Fsp3) is 0.333. The molecule has 0 fully saturated rings. The zero-order valence-electron chi connectivity index (χ0n) is 8.69. The molecular formula is C12H13NO2. The zero-order chi connectivity index (χ0) is 11.1. The lowest BCUT2D eigenvalue weighted by molar-refractivity contribution is -0.384. The Hall–Kier alpha value is -1.82. The molecule has 1 aromatic carbocycles. The van der Waals surface area contributed by atoms with Crippen molar-refractivity contribution in [1.82, 2.24) is 0 Å². The van der Waals surface area contributed by atoms with Gasteiger partial charge in [0.25, 0.3) is 5.69 Å². The molecule has 0 N–H and O–H groups in total. The largest absolute Gasteiger partial charge is 0.270 e. The lowest BCUT2D eigenvalue weighted by Crippen LogP contribution is -1.87. The molecule has 15 heavy (non-hydrogen) atoms. The summed E-state index contributed by atoms with van der Waals surface area (Å²) < 4.78 is 0. The van der Waals surface area contributed by atoms with Crippen LogP contribution in [0.3, 0.4) is 0 Å². The molecule has 0 atom stereocenters. The summed E-state index contributed by atoms with van der Waals surface area (Å²) in [7, 11) is 0. The number of nitro groups is 1. The van der Waals surface area contributed by atoms with Gasteiger partial charge in [0.1, 0.15) is 0 Å². The molecule has 0 bridgehead atoms. The molecule has 0 unspecified atom stereocenters.